The Hall–Kier alpha value is -2.16. The molecule has 0 aromatic carbocycles. The van der Waals surface area contributed by atoms with E-state index in [4.69, 9.17) is 10.8 Å². The van der Waals surface area contributed by atoms with Crippen LogP contribution in [0.1, 0.15) is 16.9 Å². The zero-order valence-corrected chi connectivity index (χ0v) is 11.0. The monoisotopic (exact) mass is 282 g/mol. The fraction of sp³-hybridized carbons (Fsp3) is 0.636. The SMILES string of the molecule is NCC1CCN(C(=O)NCCn2cc(C(=O)O)nn2)C1. The van der Waals surface area contributed by atoms with Crippen molar-refractivity contribution in [1.29, 1.82) is 0 Å². The topological polar surface area (TPSA) is 126 Å². The van der Waals surface area contributed by atoms with Crippen LogP contribution in [0.2, 0.25) is 0 Å². The first-order chi connectivity index (χ1) is 9.60. The highest BCUT2D eigenvalue weighted by Gasteiger charge is 2.24. The second-order valence-corrected chi connectivity index (χ2v) is 4.74. The zero-order valence-electron chi connectivity index (χ0n) is 11.0. The molecule has 1 unspecified atom stereocenters. The third-order valence-corrected chi connectivity index (χ3v) is 3.28. The van der Waals surface area contributed by atoms with Gasteiger partial charge >= 0.3 is 12.0 Å². The number of aromatic carboxylic acids is 1. The van der Waals surface area contributed by atoms with Crippen LogP contribution in [0.25, 0.3) is 0 Å². The van der Waals surface area contributed by atoms with Crippen molar-refractivity contribution in [1.82, 2.24) is 25.2 Å². The average Bonchev–Trinajstić information content (AvgIpc) is 3.07. The first-order valence-corrected chi connectivity index (χ1v) is 6.46. The minimum Gasteiger partial charge on any atom is -0.476 e. The van der Waals surface area contributed by atoms with E-state index in [1.54, 1.807) is 4.90 Å². The van der Waals surface area contributed by atoms with Crippen molar-refractivity contribution in [3.8, 4) is 0 Å². The Bertz CT molecular complexity index is 488. The summed E-state index contributed by atoms with van der Waals surface area (Å²) in [6.07, 6.45) is 2.27. The molecular weight excluding hydrogens is 264 g/mol. The summed E-state index contributed by atoms with van der Waals surface area (Å²) in [7, 11) is 0. The number of nitrogens with two attached hydrogens (primary N) is 1. The molecule has 2 amide bonds. The van der Waals surface area contributed by atoms with Crippen LogP contribution in [0, 0.1) is 5.92 Å². The van der Waals surface area contributed by atoms with Gasteiger partial charge in [-0.05, 0) is 18.9 Å². The second kappa shape index (κ2) is 6.33. The number of nitrogens with one attached hydrogen (secondary N) is 1. The normalized spacial score (nSPS) is 18.2. The number of aromatic nitrogens is 3. The Morgan fingerprint density at radius 1 is 1.55 bits per heavy atom. The smallest absolute Gasteiger partial charge is 0.358 e. The van der Waals surface area contributed by atoms with Crippen LogP contribution >= 0.6 is 0 Å². The first-order valence-electron chi connectivity index (χ1n) is 6.46. The van der Waals surface area contributed by atoms with Gasteiger partial charge < -0.3 is 21.1 Å². The van der Waals surface area contributed by atoms with Gasteiger partial charge in [0.05, 0.1) is 12.7 Å². The molecule has 2 heterocycles. The van der Waals surface area contributed by atoms with Crippen molar-refractivity contribution in [2.24, 2.45) is 11.7 Å². The van der Waals surface area contributed by atoms with Gasteiger partial charge in [-0.1, -0.05) is 5.21 Å². The number of likely N-dealkylation sites (tertiary alicyclic amines) is 1. The van der Waals surface area contributed by atoms with Crippen LogP contribution in [0.5, 0.6) is 0 Å². The molecule has 110 valence electrons. The van der Waals surface area contributed by atoms with Gasteiger partial charge in [0, 0.05) is 19.6 Å². The molecule has 0 spiro atoms. The Labute approximate surface area is 115 Å². The number of hydrogen-bond donors (Lipinski definition) is 3. The largest absolute Gasteiger partial charge is 0.476 e. The highest BCUT2D eigenvalue weighted by molar-refractivity contribution is 5.84. The Balaban J connectivity index is 1.72. The summed E-state index contributed by atoms with van der Waals surface area (Å²) in [6.45, 7) is 2.75. The number of carbonyl (C=O) groups is 2. The van der Waals surface area contributed by atoms with Crippen LogP contribution in [0.4, 0.5) is 4.79 Å². The van der Waals surface area contributed by atoms with E-state index in [1.165, 1.54) is 10.9 Å². The highest BCUT2D eigenvalue weighted by Crippen LogP contribution is 2.14. The van der Waals surface area contributed by atoms with Crippen molar-refractivity contribution < 1.29 is 14.7 Å². The number of rotatable bonds is 5. The van der Waals surface area contributed by atoms with E-state index in [-0.39, 0.29) is 11.7 Å². The van der Waals surface area contributed by atoms with Crippen LogP contribution in [0.15, 0.2) is 6.20 Å². The van der Waals surface area contributed by atoms with E-state index in [2.05, 4.69) is 15.6 Å². The molecule has 4 N–H and O–H groups in total. The van der Waals surface area contributed by atoms with Crippen LogP contribution in [0.3, 0.4) is 0 Å². The maximum atomic E-state index is 11.8. The van der Waals surface area contributed by atoms with Crippen LogP contribution in [-0.2, 0) is 6.54 Å². The van der Waals surface area contributed by atoms with Gasteiger partial charge in [-0.15, -0.1) is 5.10 Å². The van der Waals surface area contributed by atoms with Gasteiger partial charge in [0.25, 0.3) is 0 Å². The second-order valence-electron chi connectivity index (χ2n) is 4.74. The molecule has 1 aliphatic heterocycles. The molecule has 2 rings (SSSR count). The van der Waals surface area contributed by atoms with E-state index >= 15 is 0 Å². The fourth-order valence-corrected chi connectivity index (χ4v) is 2.10. The average molecular weight is 282 g/mol. The highest BCUT2D eigenvalue weighted by atomic mass is 16.4. The number of carboxylic acids is 1. The number of hydrogen-bond acceptors (Lipinski definition) is 5. The van der Waals surface area contributed by atoms with E-state index in [0.717, 1.165) is 13.0 Å². The molecule has 1 aromatic rings. The van der Waals surface area contributed by atoms with E-state index in [0.29, 0.717) is 32.1 Å². The number of urea groups is 1. The third kappa shape index (κ3) is 3.44. The van der Waals surface area contributed by atoms with E-state index in [1.807, 2.05) is 0 Å². The molecule has 1 atom stereocenters. The van der Waals surface area contributed by atoms with Gasteiger partial charge in [-0.2, -0.15) is 0 Å². The first kappa shape index (κ1) is 14.3. The molecule has 9 nitrogen and oxygen atoms in total. The quantitative estimate of drug-likeness (QED) is 0.633. The van der Waals surface area contributed by atoms with E-state index < -0.39 is 5.97 Å². The summed E-state index contributed by atoms with van der Waals surface area (Å²) in [4.78, 5) is 24.2. The third-order valence-electron chi connectivity index (χ3n) is 3.28. The van der Waals surface area contributed by atoms with Crippen LogP contribution < -0.4 is 11.1 Å². The van der Waals surface area contributed by atoms with Gasteiger partial charge in [0.1, 0.15) is 0 Å². The summed E-state index contributed by atoms with van der Waals surface area (Å²) in [6, 6.07) is -0.125. The Morgan fingerprint density at radius 2 is 2.35 bits per heavy atom. The minimum atomic E-state index is -1.12. The van der Waals surface area contributed by atoms with Gasteiger partial charge in [0.2, 0.25) is 0 Å². The lowest BCUT2D eigenvalue weighted by Crippen LogP contribution is -2.40. The summed E-state index contributed by atoms with van der Waals surface area (Å²) < 4.78 is 1.39. The predicted molar refractivity (Wildman–Crippen MR) is 69.1 cm³/mol. The molecule has 1 aliphatic rings. The molecule has 1 fully saturated rings. The minimum absolute atomic E-state index is 0.110. The lowest BCUT2D eigenvalue weighted by Gasteiger charge is -2.17. The van der Waals surface area contributed by atoms with Crippen LogP contribution in [-0.4, -0.2) is 63.2 Å². The molecule has 0 aliphatic carbocycles. The number of nitrogens with zero attached hydrogens (tertiary/aromatic N) is 4. The summed E-state index contributed by atoms with van der Waals surface area (Å²) in [5.74, 6) is -0.737. The van der Waals surface area contributed by atoms with Crippen molar-refractivity contribution in [3.63, 3.8) is 0 Å². The molecule has 0 saturated carbocycles. The number of carboxylic acid groups (broad SMARTS) is 1. The molecule has 1 saturated heterocycles. The lowest BCUT2D eigenvalue weighted by molar-refractivity contribution is 0.0690. The molecule has 0 bridgehead atoms. The Morgan fingerprint density at radius 3 is 2.95 bits per heavy atom. The number of amides is 2. The standard InChI is InChI=1S/C11H18N6O3/c12-5-8-1-3-16(6-8)11(20)13-2-4-17-7-9(10(18)19)14-15-17/h7-8H,1-6,12H2,(H,13,20)(H,18,19). The summed E-state index contributed by atoms with van der Waals surface area (Å²) in [5.41, 5.74) is 5.46. The molecule has 20 heavy (non-hydrogen) atoms. The van der Waals surface area contributed by atoms with Gasteiger partial charge in [-0.3, -0.25) is 0 Å². The molecule has 1 aromatic heterocycles. The lowest BCUT2D eigenvalue weighted by atomic mass is 10.1. The van der Waals surface area contributed by atoms with Crippen molar-refractivity contribution in [2.45, 2.75) is 13.0 Å². The zero-order chi connectivity index (χ0) is 14.5. The molecular formula is C11H18N6O3. The molecule has 0 radical (unpaired) electrons. The fourth-order valence-electron chi connectivity index (χ4n) is 2.10. The van der Waals surface area contributed by atoms with Crippen molar-refractivity contribution in [2.75, 3.05) is 26.2 Å². The van der Waals surface area contributed by atoms with Gasteiger partial charge in [-0.25, -0.2) is 14.3 Å². The number of carbonyl (C=O) groups excluding carboxylic acids is 1. The maximum Gasteiger partial charge on any atom is 0.358 e. The predicted octanol–water partition coefficient (Wildman–Crippen LogP) is -1.03. The van der Waals surface area contributed by atoms with Gasteiger partial charge in [0.15, 0.2) is 5.69 Å². The Kier molecular flexibility index (Phi) is 4.51. The van der Waals surface area contributed by atoms with Crippen molar-refractivity contribution >= 4 is 12.0 Å². The summed E-state index contributed by atoms with van der Waals surface area (Å²) >= 11 is 0. The molecule has 9 heteroatoms. The van der Waals surface area contributed by atoms with E-state index in [9.17, 15) is 9.59 Å². The summed E-state index contributed by atoms with van der Waals surface area (Å²) in [5, 5.41) is 18.6. The van der Waals surface area contributed by atoms with Crippen molar-refractivity contribution in [3.05, 3.63) is 11.9 Å². The maximum absolute atomic E-state index is 11.8.